The van der Waals surface area contributed by atoms with Crippen molar-refractivity contribution in [1.82, 2.24) is 4.90 Å². The van der Waals surface area contributed by atoms with Crippen molar-refractivity contribution in [1.29, 1.82) is 0 Å². The van der Waals surface area contributed by atoms with Gasteiger partial charge in [0.15, 0.2) is 0 Å². The molecule has 0 heterocycles. The fourth-order valence-corrected chi connectivity index (χ4v) is 1.22. The summed E-state index contributed by atoms with van der Waals surface area (Å²) in [5, 5.41) is 0. The highest BCUT2D eigenvalue weighted by molar-refractivity contribution is 5.25. The second-order valence-electron chi connectivity index (χ2n) is 3.24. The standard InChI is InChI=1S/C14H21N/c1-6-9-12-15(13(4)5)14(10-7-2)11-8-3/h6-11H,2,4,12H2,1,3,5H3/b9-6-,11-8-,14-10+. The van der Waals surface area contributed by atoms with Crippen LogP contribution in [-0.4, -0.2) is 11.4 Å². The molecule has 0 N–H and O–H groups in total. The van der Waals surface area contributed by atoms with Gasteiger partial charge in [0.25, 0.3) is 0 Å². The molecule has 1 heteroatoms. The van der Waals surface area contributed by atoms with Crippen LogP contribution in [0, 0.1) is 0 Å². The molecule has 0 aliphatic carbocycles. The van der Waals surface area contributed by atoms with Crippen molar-refractivity contribution >= 4 is 0 Å². The maximum absolute atomic E-state index is 3.98. The Morgan fingerprint density at radius 2 is 1.93 bits per heavy atom. The van der Waals surface area contributed by atoms with Gasteiger partial charge in [0.2, 0.25) is 0 Å². The predicted octanol–water partition coefficient (Wildman–Crippen LogP) is 4.04. The number of allylic oxidation sites excluding steroid dienone is 6. The lowest BCUT2D eigenvalue weighted by molar-refractivity contribution is 0.490. The zero-order chi connectivity index (χ0) is 11.7. The average Bonchev–Trinajstić information content (AvgIpc) is 2.18. The fraction of sp³-hybridized carbons (Fsp3) is 0.286. The van der Waals surface area contributed by atoms with Crippen LogP contribution in [0.4, 0.5) is 0 Å². The minimum Gasteiger partial charge on any atom is -0.342 e. The van der Waals surface area contributed by atoms with E-state index < -0.39 is 0 Å². The molecule has 15 heavy (non-hydrogen) atoms. The molecule has 0 aromatic carbocycles. The van der Waals surface area contributed by atoms with Crippen LogP contribution < -0.4 is 0 Å². The molecular formula is C14H21N. The van der Waals surface area contributed by atoms with E-state index in [0.717, 1.165) is 17.9 Å². The first-order valence-electron chi connectivity index (χ1n) is 5.17. The SMILES string of the molecule is C=C/C=C(\C=C/C)N(C/C=C\C)C(=C)C. The molecule has 0 amide bonds. The molecule has 82 valence electrons. The summed E-state index contributed by atoms with van der Waals surface area (Å²) in [6.07, 6.45) is 12.0. The first-order valence-corrected chi connectivity index (χ1v) is 5.17. The van der Waals surface area contributed by atoms with Gasteiger partial charge in [-0.2, -0.15) is 0 Å². The van der Waals surface area contributed by atoms with Crippen LogP contribution in [0.25, 0.3) is 0 Å². The Kier molecular flexibility index (Phi) is 7.08. The number of hydrogen-bond acceptors (Lipinski definition) is 1. The second-order valence-corrected chi connectivity index (χ2v) is 3.24. The summed E-state index contributed by atoms with van der Waals surface area (Å²) in [5.41, 5.74) is 2.14. The highest BCUT2D eigenvalue weighted by Crippen LogP contribution is 2.13. The third-order valence-electron chi connectivity index (χ3n) is 1.92. The van der Waals surface area contributed by atoms with Crippen LogP contribution in [0.2, 0.25) is 0 Å². The average molecular weight is 203 g/mol. The normalized spacial score (nSPS) is 12.3. The monoisotopic (exact) mass is 203 g/mol. The van der Waals surface area contributed by atoms with Crippen molar-refractivity contribution in [2.45, 2.75) is 20.8 Å². The fourth-order valence-electron chi connectivity index (χ4n) is 1.22. The van der Waals surface area contributed by atoms with Crippen molar-refractivity contribution in [3.63, 3.8) is 0 Å². The molecule has 0 fully saturated rings. The zero-order valence-electron chi connectivity index (χ0n) is 10.0. The van der Waals surface area contributed by atoms with Gasteiger partial charge in [-0.1, -0.05) is 37.5 Å². The van der Waals surface area contributed by atoms with Crippen molar-refractivity contribution in [3.05, 3.63) is 61.0 Å². The van der Waals surface area contributed by atoms with Gasteiger partial charge in [-0.25, -0.2) is 0 Å². The number of nitrogens with zero attached hydrogens (tertiary/aromatic N) is 1. The maximum atomic E-state index is 3.98. The summed E-state index contributed by atoms with van der Waals surface area (Å²) < 4.78 is 0. The highest BCUT2D eigenvalue weighted by atomic mass is 15.1. The van der Waals surface area contributed by atoms with Crippen molar-refractivity contribution in [2.75, 3.05) is 6.54 Å². The molecule has 0 aromatic heterocycles. The molecule has 0 bridgehead atoms. The molecule has 0 saturated carbocycles. The summed E-state index contributed by atoms with van der Waals surface area (Å²) in [4.78, 5) is 2.14. The van der Waals surface area contributed by atoms with Gasteiger partial charge in [-0.15, -0.1) is 0 Å². The molecule has 0 aliphatic heterocycles. The van der Waals surface area contributed by atoms with Crippen LogP contribution in [-0.2, 0) is 0 Å². The van der Waals surface area contributed by atoms with E-state index >= 15 is 0 Å². The first-order chi connectivity index (χ1) is 7.17. The molecule has 0 aromatic rings. The zero-order valence-corrected chi connectivity index (χ0v) is 10.0. The topological polar surface area (TPSA) is 3.24 Å². The molecule has 0 aliphatic rings. The van der Waals surface area contributed by atoms with Crippen molar-refractivity contribution < 1.29 is 0 Å². The quantitative estimate of drug-likeness (QED) is 0.465. The minimum atomic E-state index is 0.843. The third-order valence-corrected chi connectivity index (χ3v) is 1.92. The van der Waals surface area contributed by atoms with E-state index in [1.807, 2.05) is 39.0 Å². The van der Waals surface area contributed by atoms with Gasteiger partial charge in [0.1, 0.15) is 0 Å². The predicted molar refractivity (Wildman–Crippen MR) is 69.4 cm³/mol. The Morgan fingerprint density at radius 1 is 1.27 bits per heavy atom. The largest absolute Gasteiger partial charge is 0.342 e. The summed E-state index contributed by atoms with van der Waals surface area (Å²) in [5.74, 6) is 0. The molecule has 1 nitrogen and oxygen atoms in total. The van der Waals surface area contributed by atoms with Gasteiger partial charge >= 0.3 is 0 Å². The highest BCUT2D eigenvalue weighted by Gasteiger charge is 2.04. The summed E-state index contributed by atoms with van der Waals surface area (Å²) in [6.45, 7) is 14.6. The first kappa shape index (κ1) is 13.5. The Balaban J connectivity index is 4.91. The van der Waals surface area contributed by atoms with E-state index in [0.29, 0.717) is 0 Å². The van der Waals surface area contributed by atoms with Crippen LogP contribution in [0.1, 0.15) is 20.8 Å². The van der Waals surface area contributed by atoms with Gasteiger partial charge in [0.05, 0.1) is 0 Å². The van der Waals surface area contributed by atoms with Crippen LogP contribution in [0.5, 0.6) is 0 Å². The van der Waals surface area contributed by atoms with Gasteiger partial charge < -0.3 is 4.90 Å². The lowest BCUT2D eigenvalue weighted by Crippen LogP contribution is -2.19. The third kappa shape index (κ3) is 5.06. The molecule has 0 radical (unpaired) electrons. The molecule has 0 rings (SSSR count). The Morgan fingerprint density at radius 3 is 2.33 bits per heavy atom. The summed E-state index contributed by atoms with van der Waals surface area (Å²) in [7, 11) is 0. The number of hydrogen-bond donors (Lipinski definition) is 0. The minimum absolute atomic E-state index is 0.843. The second kappa shape index (κ2) is 7.86. The molecule has 0 spiro atoms. The molecule has 0 atom stereocenters. The van der Waals surface area contributed by atoms with Gasteiger partial charge in [-0.3, -0.25) is 0 Å². The van der Waals surface area contributed by atoms with E-state index in [4.69, 9.17) is 0 Å². The molecule has 0 saturated heterocycles. The summed E-state index contributed by atoms with van der Waals surface area (Å²) in [6, 6.07) is 0. The van der Waals surface area contributed by atoms with E-state index in [1.54, 1.807) is 6.08 Å². The van der Waals surface area contributed by atoms with Crippen LogP contribution in [0.3, 0.4) is 0 Å². The maximum Gasteiger partial charge on any atom is 0.0408 e. The summed E-state index contributed by atoms with van der Waals surface area (Å²) >= 11 is 0. The van der Waals surface area contributed by atoms with E-state index in [9.17, 15) is 0 Å². The van der Waals surface area contributed by atoms with Crippen molar-refractivity contribution in [3.8, 4) is 0 Å². The Bertz CT molecular complexity index is 292. The molecule has 0 unspecified atom stereocenters. The van der Waals surface area contributed by atoms with Crippen LogP contribution >= 0.6 is 0 Å². The van der Waals surface area contributed by atoms with E-state index in [2.05, 4.69) is 30.2 Å². The lowest BCUT2D eigenvalue weighted by atomic mass is 10.2. The Hall–Kier alpha value is -1.50. The lowest BCUT2D eigenvalue weighted by Gasteiger charge is -2.24. The number of rotatable bonds is 6. The smallest absolute Gasteiger partial charge is 0.0408 e. The van der Waals surface area contributed by atoms with E-state index in [-0.39, 0.29) is 0 Å². The van der Waals surface area contributed by atoms with E-state index in [1.165, 1.54) is 0 Å². The Labute approximate surface area is 93.8 Å². The van der Waals surface area contributed by atoms with Gasteiger partial charge in [-0.05, 0) is 32.9 Å². The van der Waals surface area contributed by atoms with Gasteiger partial charge in [0, 0.05) is 17.9 Å². The van der Waals surface area contributed by atoms with Crippen LogP contribution in [0.15, 0.2) is 61.0 Å². The molecular weight excluding hydrogens is 182 g/mol. The van der Waals surface area contributed by atoms with Crippen molar-refractivity contribution in [2.24, 2.45) is 0 Å².